The van der Waals surface area contributed by atoms with Crippen LogP contribution in [0.15, 0.2) is 40.3 Å². The lowest BCUT2D eigenvalue weighted by molar-refractivity contribution is -0.134. The predicted molar refractivity (Wildman–Crippen MR) is 154 cm³/mol. The van der Waals surface area contributed by atoms with Crippen LogP contribution in [0.3, 0.4) is 0 Å². The quantitative estimate of drug-likeness (QED) is 0.349. The van der Waals surface area contributed by atoms with Crippen molar-refractivity contribution in [1.82, 2.24) is 23.9 Å². The lowest BCUT2D eigenvalue weighted by Gasteiger charge is -2.33. The molecule has 3 N–H and O–H groups in total. The number of sulfonamides is 1. The maximum atomic E-state index is 13.4. The number of amides is 3. The molecule has 2 aromatic heterocycles. The number of aromatic nitrogens is 3. The maximum absolute atomic E-state index is 13.4. The lowest BCUT2D eigenvalue weighted by Crippen LogP contribution is -2.48. The molecular weight excluding hydrogens is 566 g/mol. The first-order valence-electron chi connectivity index (χ1n) is 13.4. The summed E-state index contributed by atoms with van der Waals surface area (Å²) in [5.41, 5.74) is 1.91. The number of carbonyl (C=O) groups excluding carboxylic acids is 2. The number of urea groups is 1. The lowest BCUT2D eigenvalue weighted by atomic mass is 10.0. The van der Waals surface area contributed by atoms with Crippen molar-refractivity contribution < 1.29 is 32.4 Å². The van der Waals surface area contributed by atoms with Gasteiger partial charge in [-0.2, -0.15) is 4.31 Å². The van der Waals surface area contributed by atoms with Gasteiger partial charge in [-0.05, 0) is 39.0 Å². The Morgan fingerprint density at radius 3 is 2.64 bits per heavy atom. The molecule has 14 nitrogen and oxygen atoms in total. The number of nitrogens with zero attached hydrogens (tertiary/aromatic N) is 5. The highest BCUT2D eigenvalue weighted by atomic mass is 32.2. The SMILES string of the molecule is Cc1noc(C)c1NC(=O)Nc1ccc2c(c1)CC(=O)N([C@@H](C)CO)C[C@@H](C)[C@H](CN(C)S(=O)(=O)c1cn(C)cn1)O2. The second-order valence-electron chi connectivity index (χ2n) is 10.7. The van der Waals surface area contributed by atoms with Crippen molar-refractivity contribution in [2.24, 2.45) is 13.0 Å². The third kappa shape index (κ3) is 6.74. The Labute approximate surface area is 244 Å². The summed E-state index contributed by atoms with van der Waals surface area (Å²) in [5.74, 6) is 0.304. The van der Waals surface area contributed by atoms with Gasteiger partial charge in [0.15, 0.2) is 10.8 Å². The molecule has 1 aliphatic rings. The van der Waals surface area contributed by atoms with E-state index >= 15 is 0 Å². The fourth-order valence-corrected chi connectivity index (χ4v) is 5.84. The van der Waals surface area contributed by atoms with E-state index in [1.165, 1.54) is 23.9 Å². The second kappa shape index (κ2) is 12.5. The summed E-state index contributed by atoms with van der Waals surface area (Å²) < 4.78 is 40.6. The van der Waals surface area contributed by atoms with Gasteiger partial charge in [-0.15, -0.1) is 0 Å². The molecule has 0 spiro atoms. The molecule has 42 heavy (non-hydrogen) atoms. The number of hydrogen-bond donors (Lipinski definition) is 3. The van der Waals surface area contributed by atoms with E-state index in [2.05, 4.69) is 20.8 Å². The molecule has 3 atom stereocenters. The minimum atomic E-state index is -3.91. The van der Waals surface area contributed by atoms with E-state index in [9.17, 15) is 23.1 Å². The van der Waals surface area contributed by atoms with Crippen LogP contribution in [0.4, 0.5) is 16.2 Å². The molecule has 0 radical (unpaired) electrons. The third-order valence-corrected chi connectivity index (χ3v) is 8.95. The first kappa shape index (κ1) is 31.0. The number of benzene rings is 1. The molecule has 3 heterocycles. The van der Waals surface area contributed by atoms with Crippen LogP contribution >= 0.6 is 0 Å². The van der Waals surface area contributed by atoms with Crippen molar-refractivity contribution in [3.05, 3.63) is 47.7 Å². The molecular formula is C27H37N7O7S. The summed E-state index contributed by atoms with van der Waals surface area (Å²) >= 11 is 0. The minimum absolute atomic E-state index is 0.0190. The Bertz CT molecular complexity index is 1530. The van der Waals surface area contributed by atoms with E-state index in [1.54, 1.807) is 55.5 Å². The van der Waals surface area contributed by atoms with Gasteiger partial charge in [0.2, 0.25) is 5.91 Å². The standard InChI is InChI=1S/C27H37N7O7S/c1-16-11-34(17(2)14-35)25(36)10-20-9-21(29-27(37)30-26-18(3)31-41-19(26)4)7-8-22(20)40-23(16)12-33(6)42(38,39)24-13-32(5)15-28-24/h7-9,13,15-17,23,35H,10-12,14H2,1-6H3,(H2,29,30,37)/t16-,17+,23+/m1/s1. The number of anilines is 2. The summed E-state index contributed by atoms with van der Waals surface area (Å²) in [6.07, 6.45) is 2.13. The largest absolute Gasteiger partial charge is 0.488 e. The van der Waals surface area contributed by atoms with E-state index < -0.39 is 28.2 Å². The van der Waals surface area contributed by atoms with Crippen LogP contribution in [-0.2, 0) is 28.3 Å². The molecule has 0 aliphatic carbocycles. The van der Waals surface area contributed by atoms with Crippen LogP contribution in [0.25, 0.3) is 0 Å². The fourth-order valence-electron chi connectivity index (χ4n) is 4.70. The molecule has 3 aromatic rings. The third-order valence-electron chi connectivity index (χ3n) is 7.24. The van der Waals surface area contributed by atoms with Gasteiger partial charge in [-0.25, -0.2) is 18.2 Å². The fraction of sp³-hybridized carbons (Fsp3) is 0.481. The van der Waals surface area contributed by atoms with Gasteiger partial charge in [0.1, 0.15) is 23.2 Å². The van der Waals surface area contributed by atoms with Crippen molar-refractivity contribution in [2.75, 3.05) is 37.4 Å². The van der Waals surface area contributed by atoms with E-state index in [0.29, 0.717) is 34.1 Å². The van der Waals surface area contributed by atoms with Gasteiger partial charge >= 0.3 is 6.03 Å². The van der Waals surface area contributed by atoms with Crippen molar-refractivity contribution in [2.45, 2.75) is 51.3 Å². The molecule has 1 aromatic carbocycles. The topological polar surface area (TPSA) is 172 Å². The molecule has 1 aliphatic heterocycles. The number of ether oxygens (including phenoxy) is 1. The van der Waals surface area contributed by atoms with Crippen LogP contribution in [0.5, 0.6) is 5.75 Å². The number of carbonyl (C=O) groups is 2. The Balaban J connectivity index is 1.62. The molecule has 0 unspecified atom stereocenters. The second-order valence-corrected chi connectivity index (χ2v) is 12.6. The number of likely N-dealkylation sites (N-methyl/N-ethyl adjacent to an activating group) is 1. The van der Waals surface area contributed by atoms with E-state index in [-0.39, 0.29) is 43.0 Å². The summed E-state index contributed by atoms with van der Waals surface area (Å²) in [5, 5.41) is 19.1. The minimum Gasteiger partial charge on any atom is -0.488 e. The molecule has 15 heteroatoms. The van der Waals surface area contributed by atoms with E-state index in [1.807, 2.05) is 6.92 Å². The molecule has 0 bridgehead atoms. The number of aliphatic hydroxyl groups is 1. The normalized spacial score (nSPS) is 18.5. The number of fused-ring (bicyclic) bond motifs is 1. The Kier molecular flexibility index (Phi) is 9.23. The van der Waals surface area contributed by atoms with Crippen molar-refractivity contribution in [3.8, 4) is 5.75 Å². The van der Waals surface area contributed by atoms with Crippen molar-refractivity contribution >= 4 is 33.3 Å². The Morgan fingerprint density at radius 1 is 1.29 bits per heavy atom. The number of aliphatic hydroxyl groups excluding tert-OH is 1. The number of imidazole rings is 1. The average Bonchev–Trinajstić information content (AvgIpc) is 3.53. The number of hydrogen-bond acceptors (Lipinski definition) is 9. The summed E-state index contributed by atoms with van der Waals surface area (Å²) in [7, 11) is -0.766. The molecule has 3 amide bonds. The Morgan fingerprint density at radius 2 is 2.02 bits per heavy atom. The Hall–Kier alpha value is -3.95. The predicted octanol–water partition coefficient (Wildman–Crippen LogP) is 2.14. The number of rotatable bonds is 8. The zero-order chi connectivity index (χ0) is 30.8. The van der Waals surface area contributed by atoms with Crippen LogP contribution in [0.2, 0.25) is 0 Å². The molecule has 0 saturated carbocycles. The maximum Gasteiger partial charge on any atom is 0.323 e. The van der Waals surface area contributed by atoms with Crippen molar-refractivity contribution in [1.29, 1.82) is 0 Å². The zero-order valence-corrected chi connectivity index (χ0v) is 25.3. The highest BCUT2D eigenvalue weighted by Gasteiger charge is 2.34. The van der Waals surface area contributed by atoms with Gasteiger partial charge in [0.05, 0.1) is 31.9 Å². The number of nitrogens with one attached hydrogen (secondary N) is 2. The van der Waals surface area contributed by atoms with Gasteiger partial charge in [-0.3, -0.25) is 4.79 Å². The molecule has 228 valence electrons. The zero-order valence-electron chi connectivity index (χ0n) is 24.5. The van der Waals surface area contributed by atoms with Crippen molar-refractivity contribution in [3.63, 3.8) is 0 Å². The van der Waals surface area contributed by atoms with E-state index in [4.69, 9.17) is 9.26 Å². The van der Waals surface area contributed by atoms with Gasteiger partial charge in [-0.1, -0.05) is 12.1 Å². The highest BCUT2D eigenvalue weighted by molar-refractivity contribution is 7.89. The summed E-state index contributed by atoms with van der Waals surface area (Å²) in [6.45, 7) is 6.98. The van der Waals surface area contributed by atoms with E-state index in [0.717, 1.165) is 0 Å². The smallest absolute Gasteiger partial charge is 0.323 e. The molecule has 4 rings (SSSR count). The van der Waals surface area contributed by atoms with Crippen LogP contribution in [-0.4, -0.2) is 88.3 Å². The van der Waals surface area contributed by atoms with Gasteiger partial charge in [0.25, 0.3) is 10.0 Å². The van der Waals surface area contributed by atoms with Crippen LogP contribution in [0, 0.1) is 19.8 Å². The first-order chi connectivity index (χ1) is 19.8. The summed E-state index contributed by atoms with van der Waals surface area (Å²) in [4.78, 5) is 31.7. The molecule has 0 fully saturated rings. The van der Waals surface area contributed by atoms with Gasteiger partial charge < -0.3 is 34.5 Å². The number of aryl methyl sites for hydroxylation is 3. The van der Waals surface area contributed by atoms with Gasteiger partial charge in [0, 0.05) is 44.0 Å². The van der Waals surface area contributed by atoms with Crippen LogP contribution in [0.1, 0.15) is 30.9 Å². The first-order valence-corrected chi connectivity index (χ1v) is 14.9. The van der Waals surface area contributed by atoms with Crippen LogP contribution < -0.4 is 15.4 Å². The molecule has 0 saturated heterocycles. The highest BCUT2D eigenvalue weighted by Crippen LogP contribution is 2.30. The monoisotopic (exact) mass is 603 g/mol. The average molecular weight is 604 g/mol. The summed E-state index contributed by atoms with van der Waals surface area (Å²) in [6, 6.07) is 3.93.